The van der Waals surface area contributed by atoms with Gasteiger partial charge in [-0.2, -0.15) is 0 Å². The third-order valence-electron chi connectivity index (χ3n) is 3.80. The van der Waals surface area contributed by atoms with Gasteiger partial charge in [0.05, 0.1) is 5.60 Å². The second kappa shape index (κ2) is 5.13. The van der Waals surface area contributed by atoms with Gasteiger partial charge in [0, 0.05) is 13.2 Å². The van der Waals surface area contributed by atoms with Gasteiger partial charge in [0.1, 0.15) is 0 Å². The molecule has 2 N–H and O–H groups in total. The van der Waals surface area contributed by atoms with Crippen LogP contribution in [-0.4, -0.2) is 18.8 Å². The van der Waals surface area contributed by atoms with Gasteiger partial charge in [0.15, 0.2) is 0 Å². The molecule has 1 aliphatic carbocycles. The van der Waals surface area contributed by atoms with E-state index in [1.165, 1.54) is 12.8 Å². The molecule has 14 heavy (non-hydrogen) atoms. The summed E-state index contributed by atoms with van der Waals surface area (Å²) in [6, 6.07) is 0.227. The summed E-state index contributed by atoms with van der Waals surface area (Å²) in [6.07, 6.45) is 7.07. The van der Waals surface area contributed by atoms with Crippen LogP contribution in [0.3, 0.4) is 0 Å². The molecule has 0 aromatic rings. The Morgan fingerprint density at radius 3 is 2.43 bits per heavy atom. The summed E-state index contributed by atoms with van der Waals surface area (Å²) in [5.74, 6) is 0.854. The molecule has 0 aromatic carbocycles. The molecular formula is C12H25NO. The fraction of sp³-hybridized carbons (Fsp3) is 1.00. The summed E-state index contributed by atoms with van der Waals surface area (Å²) >= 11 is 0. The molecule has 0 bridgehead atoms. The Bertz CT molecular complexity index is 162. The summed E-state index contributed by atoms with van der Waals surface area (Å²) in [6.45, 7) is 4.51. The Hall–Kier alpha value is -0.0800. The average Bonchev–Trinajstić information content (AvgIpc) is 2.20. The van der Waals surface area contributed by atoms with E-state index < -0.39 is 0 Å². The van der Waals surface area contributed by atoms with Crippen LogP contribution in [0.2, 0.25) is 0 Å². The normalized spacial score (nSPS) is 35.6. The highest BCUT2D eigenvalue weighted by atomic mass is 16.5. The lowest BCUT2D eigenvalue weighted by atomic mass is 9.74. The van der Waals surface area contributed by atoms with Crippen molar-refractivity contribution in [3.05, 3.63) is 0 Å². The number of hydrogen-bond acceptors (Lipinski definition) is 2. The Kier molecular flexibility index (Phi) is 4.39. The van der Waals surface area contributed by atoms with Crippen LogP contribution < -0.4 is 5.73 Å². The van der Waals surface area contributed by atoms with Gasteiger partial charge in [-0.3, -0.25) is 0 Å². The topological polar surface area (TPSA) is 35.2 Å². The van der Waals surface area contributed by atoms with Crippen molar-refractivity contribution >= 4 is 0 Å². The first kappa shape index (κ1) is 12.0. The zero-order chi connectivity index (χ0) is 10.6. The van der Waals surface area contributed by atoms with E-state index in [0.29, 0.717) is 0 Å². The molecule has 84 valence electrons. The Morgan fingerprint density at radius 2 is 2.00 bits per heavy atom. The summed E-state index contributed by atoms with van der Waals surface area (Å²) < 4.78 is 5.72. The molecule has 0 saturated heterocycles. The van der Waals surface area contributed by atoms with Crippen LogP contribution in [0.15, 0.2) is 0 Å². The molecule has 2 heteroatoms. The van der Waals surface area contributed by atoms with Crippen molar-refractivity contribution in [3.8, 4) is 0 Å². The van der Waals surface area contributed by atoms with E-state index in [2.05, 4.69) is 13.8 Å². The molecule has 0 heterocycles. The number of nitrogens with two attached hydrogens (primary N) is 1. The SMILES string of the molecule is CCC[C@H](N)C1(OC)CCC(C)CC1. The molecule has 0 aromatic heterocycles. The third-order valence-corrected chi connectivity index (χ3v) is 3.80. The van der Waals surface area contributed by atoms with Crippen molar-refractivity contribution < 1.29 is 4.74 Å². The van der Waals surface area contributed by atoms with Crippen LogP contribution >= 0.6 is 0 Å². The maximum Gasteiger partial charge on any atom is 0.0829 e. The minimum atomic E-state index is -0.0114. The van der Waals surface area contributed by atoms with Gasteiger partial charge in [0.25, 0.3) is 0 Å². The molecule has 0 spiro atoms. The average molecular weight is 199 g/mol. The molecule has 2 nitrogen and oxygen atoms in total. The highest BCUT2D eigenvalue weighted by Crippen LogP contribution is 2.37. The highest BCUT2D eigenvalue weighted by Gasteiger charge is 2.38. The highest BCUT2D eigenvalue weighted by molar-refractivity contribution is 4.94. The number of methoxy groups -OCH3 is 1. The van der Waals surface area contributed by atoms with E-state index >= 15 is 0 Å². The van der Waals surface area contributed by atoms with Crippen LogP contribution in [0.4, 0.5) is 0 Å². The van der Waals surface area contributed by atoms with E-state index in [1.54, 1.807) is 0 Å². The maximum atomic E-state index is 6.22. The number of rotatable bonds is 4. The van der Waals surface area contributed by atoms with Crippen molar-refractivity contribution in [2.75, 3.05) is 7.11 Å². The van der Waals surface area contributed by atoms with E-state index in [-0.39, 0.29) is 11.6 Å². The quantitative estimate of drug-likeness (QED) is 0.755. The second-order valence-electron chi connectivity index (χ2n) is 4.85. The molecule has 0 radical (unpaired) electrons. The fourth-order valence-corrected chi connectivity index (χ4v) is 2.55. The lowest BCUT2D eigenvalue weighted by Gasteiger charge is -2.42. The lowest BCUT2D eigenvalue weighted by molar-refractivity contribution is -0.0677. The van der Waals surface area contributed by atoms with Crippen molar-refractivity contribution in [1.82, 2.24) is 0 Å². The van der Waals surface area contributed by atoms with E-state index in [9.17, 15) is 0 Å². The molecule has 0 amide bonds. The zero-order valence-electron chi connectivity index (χ0n) is 9.88. The predicted molar refractivity (Wildman–Crippen MR) is 60.3 cm³/mol. The van der Waals surface area contributed by atoms with Crippen molar-refractivity contribution in [1.29, 1.82) is 0 Å². The van der Waals surface area contributed by atoms with E-state index in [1.807, 2.05) is 7.11 Å². The first-order valence-corrected chi connectivity index (χ1v) is 5.95. The van der Waals surface area contributed by atoms with Crippen LogP contribution in [0, 0.1) is 5.92 Å². The second-order valence-corrected chi connectivity index (χ2v) is 4.85. The molecule has 0 aliphatic heterocycles. The van der Waals surface area contributed by atoms with Crippen LogP contribution in [0.25, 0.3) is 0 Å². The lowest BCUT2D eigenvalue weighted by Crippen LogP contribution is -2.51. The van der Waals surface area contributed by atoms with Crippen molar-refractivity contribution in [2.45, 2.75) is 64.0 Å². The molecule has 0 unspecified atom stereocenters. The van der Waals surface area contributed by atoms with Gasteiger partial charge in [-0.05, 0) is 38.0 Å². The van der Waals surface area contributed by atoms with Crippen LogP contribution in [-0.2, 0) is 4.74 Å². The first-order valence-electron chi connectivity index (χ1n) is 5.95. The molecule has 1 fully saturated rings. The number of hydrogen-bond donors (Lipinski definition) is 1. The van der Waals surface area contributed by atoms with E-state index in [0.717, 1.165) is 31.6 Å². The van der Waals surface area contributed by atoms with Gasteiger partial charge >= 0.3 is 0 Å². The van der Waals surface area contributed by atoms with E-state index in [4.69, 9.17) is 10.5 Å². The largest absolute Gasteiger partial charge is 0.377 e. The molecule has 1 aliphatic rings. The molecule has 1 saturated carbocycles. The van der Waals surface area contributed by atoms with Gasteiger partial charge < -0.3 is 10.5 Å². The van der Waals surface area contributed by atoms with Gasteiger partial charge in [-0.1, -0.05) is 20.3 Å². The van der Waals surface area contributed by atoms with Gasteiger partial charge in [0.2, 0.25) is 0 Å². The summed E-state index contributed by atoms with van der Waals surface area (Å²) in [5, 5.41) is 0. The maximum absolute atomic E-state index is 6.22. The molecular weight excluding hydrogens is 174 g/mol. The van der Waals surface area contributed by atoms with Gasteiger partial charge in [-0.25, -0.2) is 0 Å². The van der Waals surface area contributed by atoms with Crippen molar-refractivity contribution in [2.24, 2.45) is 11.7 Å². The minimum Gasteiger partial charge on any atom is -0.377 e. The summed E-state index contributed by atoms with van der Waals surface area (Å²) in [5.41, 5.74) is 6.21. The number of ether oxygens (including phenoxy) is 1. The monoisotopic (exact) mass is 199 g/mol. The Morgan fingerprint density at radius 1 is 1.43 bits per heavy atom. The first-order chi connectivity index (χ1) is 6.64. The smallest absolute Gasteiger partial charge is 0.0829 e. The van der Waals surface area contributed by atoms with Crippen LogP contribution in [0.5, 0.6) is 0 Å². The zero-order valence-corrected chi connectivity index (χ0v) is 9.88. The minimum absolute atomic E-state index is 0.0114. The van der Waals surface area contributed by atoms with Crippen LogP contribution in [0.1, 0.15) is 52.4 Å². The fourth-order valence-electron chi connectivity index (χ4n) is 2.55. The van der Waals surface area contributed by atoms with Crippen molar-refractivity contribution in [3.63, 3.8) is 0 Å². The molecule has 1 atom stereocenters. The summed E-state index contributed by atoms with van der Waals surface area (Å²) in [7, 11) is 1.82. The molecule has 1 rings (SSSR count). The Labute approximate surface area is 88.2 Å². The predicted octanol–water partition coefficient (Wildman–Crippen LogP) is 2.71. The third kappa shape index (κ3) is 2.48. The van der Waals surface area contributed by atoms with Gasteiger partial charge in [-0.15, -0.1) is 0 Å². The summed E-state index contributed by atoms with van der Waals surface area (Å²) in [4.78, 5) is 0. The standard InChI is InChI=1S/C12H25NO/c1-4-5-11(13)12(14-3)8-6-10(2)7-9-12/h10-11H,4-9,13H2,1-3H3/t10?,11-,12?/m0/s1. The Balaban J connectivity index is 2.57.